The van der Waals surface area contributed by atoms with E-state index in [2.05, 4.69) is 112 Å². The minimum atomic E-state index is -0.644. The second-order valence-corrected chi connectivity index (χ2v) is 15.1. The normalized spacial score (nSPS) is 17.4. The minimum absolute atomic E-state index is 0. The van der Waals surface area contributed by atoms with Crippen LogP contribution in [0, 0.1) is 43.9 Å². The Labute approximate surface area is 588 Å². The summed E-state index contributed by atoms with van der Waals surface area (Å²) >= 11 is 0. The standard InChI is InChI=1S/C40H65NO3.214H2/c1-17-28(9)41(40(16,18-2)25(5)6)31(12)30(11)37(33-21-19-20-26(7)29(33)10)35-23-34(32(13)42)27(8)22-36(35)44-38(43)39(14,15)24(3)4;;;;;;;;;;;;;;;;;;;;;;;;;;;;;;;;;;;;;;;;;;;;;;;;;;;;;;;;;;;;;;;;;;;;;;;;;;;;;;;;;;;;;;;;;;;;;;;;;;;;;;;;;;;;;;;;;;;;;;;;;;;;;;;;;;;;;;;;;;;;;;;;;;;;;;;;;;;;;;;;;;;;;;;;;;;;;;;;;;;;;;;;;;;;;;;;;;;;;;;;;;;;;;;;;;;;;;/h19-25,28,30-32,37,42H,17-18H2,1-16H3;214*1H/t28?,30?,31?,32?,37-,40?;;;;;;;;;;;;;;;;;;;;;;;;;;;;;;;;;;;;;;;;;;;;;;;;;;;;;;;;;;;;;;;;;;;;;;;;;;;;;;;;;;;;;;;;;;;;;;;;;;;;;;;;;;;;;;;;;;;;;;;;;;;;;;;;;;;;;;;;;;;;;;;;;;;;;;;;;;;;;;;;;;;;;;;;;;;;;;;;;;;;;;;;;;;;;;;;;;;;;;;;;;;;;;;;;;;;;;/m1....................................................................................................................................................................................................................../s1. The van der Waals surface area contributed by atoms with Crippen molar-refractivity contribution in [2.24, 2.45) is 23.2 Å². The fraction of sp³-hybridized carbons (Fsp3) is 0.675. The summed E-state index contributed by atoms with van der Waals surface area (Å²) in [6.07, 6.45) is 1.49. The molecule has 0 amide bonds. The molecule has 6 atom stereocenters. The van der Waals surface area contributed by atoms with Crippen LogP contribution in [0.25, 0.3) is 0 Å². The second-order valence-electron chi connectivity index (χ2n) is 15.1. The molecule has 0 aromatic heterocycles. The van der Waals surface area contributed by atoms with Crippen molar-refractivity contribution in [3.63, 3.8) is 0 Å². The lowest BCUT2D eigenvalue weighted by molar-refractivity contribution is -0.146. The van der Waals surface area contributed by atoms with Gasteiger partial charge in [-0.1, -0.05) is 66.7 Å². The molecule has 0 saturated carbocycles. The summed E-state index contributed by atoms with van der Waals surface area (Å²) < 4.78 is 6.41. The Morgan fingerprint density at radius 3 is 1.93 bits per heavy atom. The van der Waals surface area contributed by atoms with Crippen LogP contribution in [0.3, 0.4) is 0 Å². The van der Waals surface area contributed by atoms with Gasteiger partial charge in [0, 0.05) is 334 Å². The highest BCUT2D eigenvalue weighted by Gasteiger charge is 2.43. The number of ether oxygens (including phenoxy) is 1. The maximum absolute atomic E-state index is 13.7. The first-order valence-corrected chi connectivity index (χ1v) is 17.2. The van der Waals surface area contributed by atoms with E-state index in [4.69, 9.17) is 4.74 Å². The van der Waals surface area contributed by atoms with E-state index >= 15 is 0 Å². The number of hydrogen-bond donors (Lipinski definition) is 1. The maximum atomic E-state index is 13.7. The minimum Gasteiger partial charge on any atom is -0.426 e. The quantitative estimate of drug-likeness (QED) is 0.151. The van der Waals surface area contributed by atoms with Gasteiger partial charge in [-0.05, 0) is 133 Å². The zero-order valence-electron chi connectivity index (χ0n) is 31.1. The molecule has 4 heteroatoms. The molecule has 4 nitrogen and oxygen atoms in total. The zero-order valence-corrected chi connectivity index (χ0v) is 31.1. The van der Waals surface area contributed by atoms with Crippen LogP contribution in [0.15, 0.2) is 30.3 Å². The Morgan fingerprint density at radius 1 is 0.864 bits per heavy atom. The first-order chi connectivity index (χ1) is 20.3. The Bertz CT molecular complexity index is 1430. The number of carbonyl (C=O) groups excluding carboxylic acids is 1. The number of carbonyl (C=O) groups is 1. The van der Waals surface area contributed by atoms with Crippen LogP contribution in [-0.2, 0) is 4.79 Å². The molecule has 2 rings (SSSR count). The number of aryl methyl sites for hydroxylation is 2. The number of hydrogen-bond acceptors (Lipinski definition) is 4. The van der Waals surface area contributed by atoms with Gasteiger partial charge in [0.25, 0.3) is 0 Å². The topological polar surface area (TPSA) is 49.8 Å². The number of benzene rings is 2. The monoisotopic (exact) mass is 1040 g/mol. The van der Waals surface area contributed by atoms with E-state index in [1.54, 1.807) is 0 Å². The van der Waals surface area contributed by atoms with Crippen LogP contribution in [0.2, 0.25) is 0 Å². The van der Waals surface area contributed by atoms with E-state index in [1.807, 2.05) is 33.8 Å². The van der Waals surface area contributed by atoms with Crippen molar-refractivity contribution in [2.45, 2.75) is 153 Å². The van der Waals surface area contributed by atoms with Crippen LogP contribution in [-0.4, -0.2) is 33.6 Å². The third kappa shape index (κ3) is 7.61. The Balaban J connectivity index is -0.000000000448. The summed E-state index contributed by atoms with van der Waals surface area (Å²) in [6.45, 7) is 35.1. The first kappa shape index (κ1) is 38.0. The summed E-state index contributed by atoms with van der Waals surface area (Å²) in [5.74, 6) is 1.08. The smallest absolute Gasteiger partial charge is 0.317 e. The predicted molar refractivity (Wildman–Crippen MR) is 640 cm³/mol. The molecule has 5 unspecified atom stereocenters. The van der Waals surface area contributed by atoms with Crippen molar-refractivity contribution >= 4 is 5.97 Å². The fourth-order valence-corrected chi connectivity index (χ4v) is 6.80. The van der Waals surface area contributed by atoms with Crippen molar-refractivity contribution in [3.8, 4) is 5.75 Å². The third-order valence-electron chi connectivity index (χ3n) is 11.7. The van der Waals surface area contributed by atoms with Crippen molar-refractivity contribution in [3.05, 3.63) is 63.7 Å². The van der Waals surface area contributed by atoms with Crippen molar-refractivity contribution in [2.75, 3.05) is 0 Å². The molecule has 1 N–H and O–H groups in total. The van der Waals surface area contributed by atoms with E-state index in [1.165, 1.54) is 16.7 Å². The van der Waals surface area contributed by atoms with E-state index in [9.17, 15) is 9.90 Å². The van der Waals surface area contributed by atoms with E-state index < -0.39 is 11.5 Å². The predicted octanol–water partition coefficient (Wildman–Crippen LogP) is 63.0. The lowest BCUT2D eigenvalue weighted by Crippen LogP contribution is -2.59. The lowest BCUT2D eigenvalue weighted by atomic mass is 9.72. The number of nitrogens with zero attached hydrogens (tertiary/aromatic N) is 1. The number of esters is 1. The van der Waals surface area contributed by atoms with Crippen LogP contribution < -0.4 is 4.74 Å². The molecule has 2 aromatic rings. The molecule has 0 aliphatic carbocycles. The van der Waals surface area contributed by atoms with Gasteiger partial charge in [-0.25, -0.2) is 0 Å². The average Bonchev–Trinajstić information content (AvgIpc) is 2.95. The molecular weight excluding hydrogens is 542 g/mol. The molecule has 0 fully saturated rings. The summed E-state index contributed by atoms with van der Waals surface area (Å²) in [6, 6.07) is 11.3. The van der Waals surface area contributed by atoms with Gasteiger partial charge in [-0.3, -0.25) is 9.69 Å². The summed E-state index contributed by atoms with van der Waals surface area (Å²) in [4.78, 5) is 16.5. The number of aliphatic hydroxyl groups excluding tert-OH is 1. The molecule has 0 spiro atoms. The Morgan fingerprint density at radius 2 is 1.45 bits per heavy atom. The molecule has 0 radical (unpaired) electrons. The molecule has 0 aliphatic rings. The van der Waals surface area contributed by atoms with Gasteiger partial charge in [-0.2, -0.15) is 0 Å². The number of rotatable bonds is 14. The van der Waals surface area contributed by atoms with Gasteiger partial charge in [0.2, 0.25) is 0 Å². The van der Waals surface area contributed by atoms with Gasteiger partial charge < -0.3 is 9.84 Å². The van der Waals surface area contributed by atoms with Crippen molar-refractivity contribution in [1.29, 1.82) is 0 Å². The number of aliphatic hydroxyl groups is 1. The van der Waals surface area contributed by atoms with Gasteiger partial charge in [-0.15, -0.1) is 0 Å². The third-order valence-corrected chi connectivity index (χ3v) is 11.7. The van der Waals surface area contributed by atoms with Gasteiger partial charge in [0.1, 0.15) is 5.75 Å². The molecule has 0 bridgehead atoms. The first-order valence-electron chi connectivity index (χ1n) is 17.2. The molecule has 676 valence electrons. The highest BCUT2D eigenvalue weighted by atomic mass is 16.5. The summed E-state index contributed by atoms with van der Waals surface area (Å²) in [5, 5.41) is 10.9. The van der Waals surface area contributed by atoms with Gasteiger partial charge in [0.15, 0.2) is 0 Å². The second kappa shape index (κ2) is 14.9. The van der Waals surface area contributed by atoms with Gasteiger partial charge >= 0.3 is 5.97 Å². The molecule has 0 heterocycles. The Hall–Kier alpha value is -2.17. The summed E-state index contributed by atoms with van der Waals surface area (Å²) in [7, 11) is 0. The van der Waals surface area contributed by atoms with E-state index in [0.29, 0.717) is 17.7 Å². The molecule has 44 heavy (non-hydrogen) atoms. The zero-order chi connectivity index (χ0) is 33.9. The Kier molecular flexibility index (Phi) is 12.9. The molecular formula is C40H493NO3. The highest BCUT2D eigenvalue weighted by molar-refractivity contribution is 5.79. The van der Waals surface area contributed by atoms with E-state index in [-0.39, 0.29) is 341 Å². The largest absolute Gasteiger partial charge is 0.426 e. The van der Waals surface area contributed by atoms with Gasteiger partial charge in [0.05, 0.1) is 11.5 Å². The average molecular weight is 1040 g/mol. The van der Waals surface area contributed by atoms with Crippen LogP contribution >= 0.6 is 0 Å². The van der Waals surface area contributed by atoms with Crippen molar-refractivity contribution in [1.82, 2.24) is 4.90 Å². The maximum Gasteiger partial charge on any atom is 0.317 e. The van der Waals surface area contributed by atoms with Crippen LogP contribution in [0.5, 0.6) is 5.75 Å². The van der Waals surface area contributed by atoms with E-state index in [0.717, 1.165) is 29.5 Å². The fourth-order valence-electron chi connectivity index (χ4n) is 6.80. The SMILES string of the molecule is CCC(C)N(C(C)C(C)[C@@H](c1cc(C(C)O)c(C)cc1OC(=O)C(C)(C)C(C)C)c1cccc(C)c1C)C(C)(CC)C(C)C.[HH].[HH].[HH].[HH].[HH].[HH].[HH].[HH].[HH].[HH].[HH].[HH].[HH].[HH].[HH].[HH].[HH].[HH].[HH].[HH].[HH].[HH].[HH].[HH].[HH].[HH].[HH].[HH].[HH].[HH].[HH].[HH].[HH].[HH].[HH].[HH].[HH].[HH].[HH].[HH].[HH].[HH].[HH].[HH].[HH].[HH].[HH].[HH].[HH].[HH].[HH].[HH].[HH].[HH].[HH].[HH].[HH].[HH].[HH].[HH].[HH].[HH].[HH].[HH].[HH].[HH].[HH].[HH].[HH].[HH].[HH].[HH].[HH].[HH].[HH].[HH].[HH].[HH].[HH].[HH].[HH].[HH].[HH].[HH].[HH].[HH].[HH].[HH].[HH].[HH].[HH].[HH].[HH].[HH].[HH].[HH].[HH].[HH].[HH].[HH].[HH].[HH].[HH].[HH].[HH].[HH].[HH].[HH].[HH].[HH].[HH].[HH].[HH].[HH].[HH].[HH].[HH].[HH].[HH].[HH].[HH].[HH].[HH].[HH].[HH].[HH].[HH].[HH].[HH].[HH].[HH].[HH].[HH].[HH].[HH].[HH].[HH].[HH].[HH].[HH].[HH].[HH].[HH].[HH].[HH].[HH].[HH].[HH].[HH].[HH].[HH].[HH].[HH].[HH].[HH].[HH].[HH].[HH].[HH].[HH].[HH].[HH].[HH].[HH].[HH].[HH].[HH].[HH].[HH].[HH].[HH].[HH].[HH].[HH].[HH].[HH].[HH].[HH].[HH].[HH].[HH].[HH].[HH].[HH].[HH].[HH].[HH].[HH].[HH].[HH].[HH].[HH].[HH].[HH].[HH].[HH].[HH].[HH].[HH].[HH].[HH].[HH].[HH].[HH].[HH].[HH].[HH].[HH].[HH].[HH].[HH].[HH].[HH].[HH]. The van der Waals surface area contributed by atoms with Crippen LogP contribution in [0.1, 0.15) is 454 Å². The molecule has 2 aromatic carbocycles. The lowest BCUT2D eigenvalue weighted by Gasteiger charge is -2.53. The van der Waals surface area contributed by atoms with Crippen LogP contribution in [0.4, 0.5) is 0 Å². The molecule has 0 aliphatic heterocycles. The molecule has 0 saturated heterocycles. The van der Waals surface area contributed by atoms with Crippen molar-refractivity contribution < 1.29 is 320 Å². The summed E-state index contributed by atoms with van der Waals surface area (Å²) in [5.41, 5.74) is 5.89. The highest BCUT2D eigenvalue weighted by Crippen LogP contribution is 2.46.